The molecule has 1 rings (SSSR count). The molecule has 0 saturated heterocycles. The van der Waals surface area contributed by atoms with Gasteiger partial charge in [0, 0.05) is 0 Å². The molecule has 0 aliphatic rings. The third-order valence-corrected chi connectivity index (χ3v) is 2.51. The number of carboxylic acids is 1. The number of aliphatic carboxylic acids is 1. The molecule has 16 heavy (non-hydrogen) atoms. The lowest BCUT2D eigenvalue weighted by atomic mass is 9.91. The quantitative estimate of drug-likeness (QED) is 0.811. The first-order chi connectivity index (χ1) is 7.56. The van der Waals surface area contributed by atoms with E-state index in [1.54, 1.807) is 0 Å². The van der Waals surface area contributed by atoms with E-state index in [0.717, 1.165) is 6.42 Å². The van der Waals surface area contributed by atoms with Crippen molar-refractivity contribution in [2.75, 3.05) is 0 Å². The third kappa shape index (κ3) is 2.95. The van der Waals surface area contributed by atoms with E-state index in [-0.39, 0.29) is 17.9 Å². The standard InChI is InChI=1S/C12H15FO3/c1-2-4-8(7-11(15)16)9-5-3-6-10(14)12(9)13/h3,5-6,8,14H,2,4,7H2,1H3,(H,15,16)/t8-/m0/s1. The first-order valence-electron chi connectivity index (χ1n) is 5.25. The van der Waals surface area contributed by atoms with E-state index in [4.69, 9.17) is 5.11 Å². The van der Waals surface area contributed by atoms with Crippen LogP contribution in [0.3, 0.4) is 0 Å². The van der Waals surface area contributed by atoms with Crippen LogP contribution in [0.2, 0.25) is 0 Å². The van der Waals surface area contributed by atoms with E-state index in [0.29, 0.717) is 6.42 Å². The van der Waals surface area contributed by atoms with Crippen LogP contribution >= 0.6 is 0 Å². The van der Waals surface area contributed by atoms with E-state index in [9.17, 15) is 14.3 Å². The predicted molar refractivity (Wildman–Crippen MR) is 58.0 cm³/mol. The topological polar surface area (TPSA) is 57.5 Å². The highest BCUT2D eigenvalue weighted by Crippen LogP contribution is 2.30. The molecule has 0 aliphatic heterocycles. The van der Waals surface area contributed by atoms with E-state index >= 15 is 0 Å². The molecule has 0 aliphatic carbocycles. The fraction of sp³-hybridized carbons (Fsp3) is 0.417. The minimum absolute atomic E-state index is 0.117. The van der Waals surface area contributed by atoms with E-state index in [2.05, 4.69) is 0 Å². The molecule has 0 bridgehead atoms. The fourth-order valence-corrected chi connectivity index (χ4v) is 1.78. The highest BCUT2D eigenvalue weighted by molar-refractivity contribution is 5.68. The number of hydrogen-bond donors (Lipinski definition) is 2. The number of benzene rings is 1. The molecule has 3 nitrogen and oxygen atoms in total. The number of rotatable bonds is 5. The predicted octanol–water partition coefficient (Wildman–Crippen LogP) is 2.89. The molecule has 88 valence electrons. The van der Waals surface area contributed by atoms with Gasteiger partial charge in [0.05, 0.1) is 6.42 Å². The molecule has 0 heterocycles. The van der Waals surface area contributed by atoms with Crippen LogP contribution in [0.5, 0.6) is 5.75 Å². The molecular formula is C12H15FO3. The van der Waals surface area contributed by atoms with Crippen molar-refractivity contribution in [3.05, 3.63) is 29.6 Å². The van der Waals surface area contributed by atoms with Gasteiger partial charge in [0.25, 0.3) is 0 Å². The van der Waals surface area contributed by atoms with Gasteiger partial charge in [0.2, 0.25) is 0 Å². The second kappa shape index (κ2) is 5.49. The third-order valence-electron chi connectivity index (χ3n) is 2.51. The zero-order valence-corrected chi connectivity index (χ0v) is 9.11. The Bertz CT molecular complexity index is 377. The summed E-state index contributed by atoms with van der Waals surface area (Å²) < 4.78 is 13.6. The Labute approximate surface area is 93.5 Å². The molecule has 1 aromatic rings. The Balaban J connectivity index is 3.00. The molecule has 0 spiro atoms. The fourth-order valence-electron chi connectivity index (χ4n) is 1.78. The molecule has 1 atom stereocenters. The summed E-state index contributed by atoms with van der Waals surface area (Å²) in [6.07, 6.45) is 1.24. The second-order valence-electron chi connectivity index (χ2n) is 3.76. The Morgan fingerprint density at radius 1 is 1.50 bits per heavy atom. The van der Waals surface area contributed by atoms with Crippen molar-refractivity contribution >= 4 is 5.97 Å². The molecule has 1 aromatic carbocycles. The lowest BCUT2D eigenvalue weighted by molar-refractivity contribution is -0.137. The van der Waals surface area contributed by atoms with Crippen molar-refractivity contribution < 1.29 is 19.4 Å². The minimum atomic E-state index is -0.957. The lowest BCUT2D eigenvalue weighted by Crippen LogP contribution is -2.08. The molecular weight excluding hydrogens is 211 g/mol. The highest BCUT2D eigenvalue weighted by Gasteiger charge is 2.19. The van der Waals surface area contributed by atoms with Crippen LogP contribution < -0.4 is 0 Å². The van der Waals surface area contributed by atoms with Crippen molar-refractivity contribution in [2.45, 2.75) is 32.1 Å². The molecule has 0 radical (unpaired) electrons. The summed E-state index contributed by atoms with van der Waals surface area (Å²) in [5.74, 6) is -2.47. The maximum atomic E-state index is 13.6. The van der Waals surface area contributed by atoms with Crippen molar-refractivity contribution in [1.29, 1.82) is 0 Å². The van der Waals surface area contributed by atoms with Crippen LogP contribution in [-0.4, -0.2) is 16.2 Å². The summed E-state index contributed by atoms with van der Waals surface area (Å²) in [6, 6.07) is 4.30. The van der Waals surface area contributed by atoms with Crippen molar-refractivity contribution in [3.8, 4) is 5.75 Å². The van der Waals surface area contributed by atoms with Crippen molar-refractivity contribution in [3.63, 3.8) is 0 Å². The largest absolute Gasteiger partial charge is 0.505 e. The number of phenols is 1. The van der Waals surface area contributed by atoms with Gasteiger partial charge in [0.1, 0.15) is 0 Å². The van der Waals surface area contributed by atoms with Crippen molar-refractivity contribution in [2.24, 2.45) is 0 Å². The van der Waals surface area contributed by atoms with Gasteiger partial charge in [-0.2, -0.15) is 0 Å². The Kier molecular flexibility index (Phi) is 4.28. The van der Waals surface area contributed by atoms with Crippen LogP contribution in [0.4, 0.5) is 4.39 Å². The molecule has 2 N–H and O–H groups in total. The van der Waals surface area contributed by atoms with Crippen molar-refractivity contribution in [1.82, 2.24) is 0 Å². The average molecular weight is 226 g/mol. The van der Waals surface area contributed by atoms with E-state index in [1.807, 2.05) is 6.92 Å². The maximum Gasteiger partial charge on any atom is 0.303 e. The summed E-state index contributed by atoms with van der Waals surface area (Å²) in [5, 5.41) is 18.0. The van der Waals surface area contributed by atoms with Gasteiger partial charge in [-0.3, -0.25) is 4.79 Å². The molecule has 0 fully saturated rings. The molecule has 4 heteroatoms. The van der Waals surface area contributed by atoms with Crippen LogP contribution in [0.15, 0.2) is 18.2 Å². The van der Waals surface area contributed by atoms with Gasteiger partial charge in [0.15, 0.2) is 11.6 Å². The molecule has 0 saturated carbocycles. The van der Waals surface area contributed by atoms with Gasteiger partial charge in [-0.15, -0.1) is 0 Å². The Morgan fingerprint density at radius 3 is 2.75 bits per heavy atom. The highest BCUT2D eigenvalue weighted by atomic mass is 19.1. The molecule has 0 unspecified atom stereocenters. The molecule has 0 amide bonds. The van der Waals surface area contributed by atoms with E-state index in [1.165, 1.54) is 18.2 Å². The number of carbonyl (C=O) groups is 1. The number of hydrogen-bond acceptors (Lipinski definition) is 2. The average Bonchev–Trinajstić information content (AvgIpc) is 2.21. The van der Waals surface area contributed by atoms with Crippen LogP contribution in [0.25, 0.3) is 0 Å². The summed E-state index contributed by atoms with van der Waals surface area (Å²) >= 11 is 0. The number of phenolic OH excluding ortho intramolecular Hbond substituents is 1. The first-order valence-corrected chi connectivity index (χ1v) is 5.25. The SMILES string of the molecule is CCC[C@@H](CC(=O)O)c1cccc(O)c1F. The Hall–Kier alpha value is -1.58. The van der Waals surface area contributed by atoms with Gasteiger partial charge in [-0.1, -0.05) is 25.5 Å². The van der Waals surface area contributed by atoms with Crippen LogP contribution in [0.1, 0.15) is 37.7 Å². The summed E-state index contributed by atoms with van der Waals surface area (Å²) in [7, 11) is 0. The maximum absolute atomic E-state index is 13.6. The van der Waals surface area contributed by atoms with Crippen LogP contribution in [-0.2, 0) is 4.79 Å². The lowest BCUT2D eigenvalue weighted by Gasteiger charge is -2.15. The molecule has 0 aromatic heterocycles. The van der Waals surface area contributed by atoms with E-state index < -0.39 is 17.5 Å². The number of carboxylic acid groups (broad SMARTS) is 1. The van der Waals surface area contributed by atoms with Crippen LogP contribution in [0, 0.1) is 5.82 Å². The number of halogens is 1. The summed E-state index contributed by atoms with van der Waals surface area (Å²) in [5.41, 5.74) is 0.282. The van der Waals surface area contributed by atoms with Gasteiger partial charge < -0.3 is 10.2 Å². The Morgan fingerprint density at radius 2 is 2.19 bits per heavy atom. The zero-order chi connectivity index (χ0) is 12.1. The van der Waals surface area contributed by atoms with Gasteiger partial charge in [-0.25, -0.2) is 4.39 Å². The normalized spacial score (nSPS) is 12.4. The smallest absolute Gasteiger partial charge is 0.303 e. The van der Waals surface area contributed by atoms with Gasteiger partial charge in [-0.05, 0) is 24.0 Å². The first kappa shape index (κ1) is 12.5. The number of aromatic hydroxyl groups is 1. The van der Waals surface area contributed by atoms with Gasteiger partial charge >= 0.3 is 5.97 Å². The summed E-state index contributed by atoms with van der Waals surface area (Å²) in [6.45, 7) is 1.91. The monoisotopic (exact) mass is 226 g/mol. The second-order valence-corrected chi connectivity index (χ2v) is 3.76. The zero-order valence-electron chi connectivity index (χ0n) is 9.11. The minimum Gasteiger partial charge on any atom is -0.505 e. The summed E-state index contributed by atoms with van der Waals surface area (Å²) in [4.78, 5) is 10.7.